The fourth-order valence-electron chi connectivity index (χ4n) is 1.67. The molecule has 110 valence electrons. The van der Waals surface area contributed by atoms with E-state index in [9.17, 15) is 8.42 Å². The van der Waals surface area contributed by atoms with Gasteiger partial charge in [-0.05, 0) is 42.5 Å². The zero-order valence-electron chi connectivity index (χ0n) is 11.0. The molecule has 4 nitrogen and oxygen atoms in total. The molecule has 0 spiro atoms. The van der Waals surface area contributed by atoms with E-state index in [4.69, 9.17) is 22.7 Å². The lowest BCUT2D eigenvalue weighted by atomic mass is 10.2. The maximum absolute atomic E-state index is 11.4. The van der Waals surface area contributed by atoms with Crippen LogP contribution in [0.15, 0.2) is 51.8 Å². The predicted molar refractivity (Wildman–Crippen MR) is 89.7 cm³/mol. The van der Waals surface area contributed by atoms with E-state index < -0.39 is 9.84 Å². The molecule has 0 aliphatic rings. The SMILES string of the molecule is CS(=O)(=O)c1ccc(Oc2cc(Br)ccc2C(N)=S)cc1. The minimum Gasteiger partial charge on any atom is -0.457 e. The van der Waals surface area contributed by atoms with Gasteiger partial charge in [0.2, 0.25) is 0 Å². The summed E-state index contributed by atoms with van der Waals surface area (Å²) in [5.41, 5.74) is 6.27. The summed E-state index contributed by atoms with van der Waals surface area (Å²) >= 11 is 8.33. The molecule has 2 aromatic rings. The second-order valence-electron chi connectivity index (χ2n) is 4.35. The Morgan fingerprint density at radius 1 is 1.19 bits per heavy atom. The molecule has 0 radical (unpaired) electrons. The number of halogens is 1. The van der Waals surface area contributed by atoms with E-state index in [0.29, 0.717) is 17.1 Å². The van der Waals surface area contributed by atoms with Crippen LogP contribution < -0.4 is 10.5 Å². The minimum absolute atomic E-state index is 0.227. The first-order chi connectivity index (χ1) is 9.77. The van der Waals surface area contributed by atoms with Crippen molar-refractivity contribution in [1.82, 2.24) is 0 Å². The van der Waals surface area contributed by atoms with Crippen molar-refractivity contribution in [3.63, 3.8) is 0 Å². The van der Waals surface area contributed by atoms with Crippen molar-refractivity contribution in [2.24, 2.45) is 5.73 Å². The standard InChI is InChI=1S/C14H12BrNO3S2/c1-21(17,18)11-5-3-10(4-6-11)19-13-8-9(15)2-7-12(13)14(16)20/h2-8H,1H3,(H2,16,20). The highest BCUT2D eigenvalue weighted by atomic mass is 79.9. The molecule has 0 bridgehead atoms. The van der Waals surface area contributed by atoms with Crippen molar-refractivity contribution >= 4 is 43.0 Å². The molecule has 2 rings (SSSR count). The maximum atomic E-state index is 11.4. The Labute approximate surface area is 137 Å². The molecule has 0 aliphatic carbocycles. The zero-order chi connectivity index (χ0) is 15.6. The van der Waals surface area contributed by atoms with E-state index >= 15 is 0 Å². The first-order valence-electron chi connectivity index (χ1n) is 5.85. The molecular formula is C14H12BrNO3S2. The van der Waals surface area contributed by atoms with Crippen molar-refractivity contribution in [1.29, 1.82) is 0 Å². The van der Waals surface area contributed by atoms with Crippen LogP contribution in [0.4, 0.5) is 0 Å². The van der Waals surface area contributed by atoms with Crippen LogP contribution in [0.1, 0.15) is 5.56 Å². The fraction of sp³-hybridized carbons (Fsp3) is 0.0714. The molecular weight excluding hydrogens is 374 g/mol. The van der Waals surface area contributed by atoms with Gasteiger partial charge in [0.1, 0.15) is 16.5 Å². The predicted octanol–water partition coefficient (Wildman–Crippen LogP) is 3.28. The van der Waals surface area contributed by atoms with Gasteiger partial charge in [0.25, 0.3) is 0 Å². The zero-order valence-corrected chi connectivity index (χ0v) is 14.3. The van der Waals surface area contributed by atoms with Gasteiger partial charge in [-0.3, -0.25) is 0 Å². The maximum Gasteiger partial charge on any atom is 0.175 e. The summed E-state index contributed by atoms with van der Waals surface area (Å²) in [5, 5.41) is 0. The lowest BCUT2D eigenvalue weighted by Crippen LogP contribution is -2.10. The molecule has 2 N–H and O–H groups in total. The minimum atomic E-state index is -3.22. The van der Waals surface area contributed by atoms with Crippen LogP contribution in [-0.2, 0) is 9.84 Å². The highest BCUT2D eigenvalue weighted by Gasteiger charge is 2.10. The van der Waals surface area contributed by atoms with Crippen molar-refractivity contribution in [3.05, 3.63) is 52.5 Å². The van der Waals surface area contributed by atoms with Gasteiger partial charge >= 0.3 is 0 Å². The van der Waals surface area contributed by atoms with Gasteiger partial charge < -0.3 is 10.5 Å². The number of sulfone groups is 1. The third-order valence-electron chi connectivity index (χ3n) is 2.69. The lowest BCUT2D eigenvalue weighted by molar-refractivity contribution is 0.481. The molecule has 0 heterocycles. The van der Waals surface area contributed by atoms with Crippen LogP contribution >= 0.6 is 28.1 Å². The highest BCUT2D eigenvalue weighted by Crippen LogP contribution is 2.29. The molecule has 0 amide bonds. The molecule has 0 atom stereocenters. The molecule has 0 aliphatic heterocycles. The topological polar surface area (TPSA) is 69.4 Å². The molecule has 0 aromatic heterocycles. The van der Waals surface area contributed by atoms with Crippen molar-refractivity contribution in [3.8, 4) is 11.5 Å². The number of rotatable bonds is 4. The van der Waals surface area contributed by atoms with Crippen LogP contribution in [0.5, 0.6) is 11.5 Å². The summed E-state index contributed by atoms with van der Waals surface area (Å²) in [7, 11) is -3.22. The lowest BCUT2D eigenvalue weighted by Gasteiger charge is -2.11. The number of ether oxygens (including phenoxy) is 1. The van der Waals surface area contributed by atoms with Gasteiger partial charge in [-0.1, -0.05) is 28.1 Å². The molecule has 2 aromatic carbocycles. The normalized spacial score (nSPS) is 11.1. The molecule has 0 unspecified atom stereocenters. The molecule has 0 fully saturated rings. The summed E-state index contributed by atoms with van der Waals surface area (Å²) in [6.07, 6.45) is 1.15. The number of hydrogen-bond acceptors (Lipinski definition) is 4. The molecule has 0 saturated carbocycles. The Hall–Kier alpha value is -1.44. The van der Waals surface area contributed by atoms with Gasteiger partial charge in [-0.15, -0.1) is 0 Å². The van der Waals surface area contributed by atoms with E-state index in [1.807, 2.05) is 6.07 Å². The van der Waals surface area contributed by atoms with Gasteiger partial charge in [0.15, 0.2) is 9.84 Å². The van der Waals surface area contributed by atoms with Crippen molar-refractivity contribution in [2.75, 3.05) is 6.26 Å². The van der Waals surface area contributed by atoms with E-state index in [1.165, 1.54) is 12.1 Å². The van der Waals surface area contributed by atoms with Crippen LogP contribution in [0.25, 0.3) is 0 Å². The fourth-order valence-corrected chi connectivity index (χ4v) is 2.81. The monoisotopic (exact) mass is 385 g/mol. The van der Waals surface area contributed by atoms with E-state index in [2.05, 4.69) is 15.9 Å². The molecule has 21 heavy (non-hydrogen) atoms. The van der Waals surface area contributed by atoms with Gasteiger partial charge in [-0.2, -0.15) is 0 Å². The van der Waals surface area contributed by atoms with Crippen LogP contribution in [0.2, 0.25) is 0 Å². The van der Waals surface area contributed by atoms with Gasteiger partial charge in [0.05, 0.1) is 10.5 Å². The first-order valence-corrected chi connectivity index (χ1v) is 8.94. The largest absolute Gasteiger partial charge is 0.457 e. The van der Waals surface area contributed by atoms with Crippen LogP contribution in [0.3, 0.4) is 0 Å². The second kappa shape index (κ2) is 6.13. The number of benzene rings is 2. The third-order valence-corrected chi connectivity index (χ3v) is 4.53. The number of hydrogen-bond donors (Lipinski definition) is 1. The summed E-state index contributed by atoms with van der Waals surface area (Å²) in [4.78, 5) is 0.462. The Morgan fingerprint density at radius 3 is 2.33 bits per heavy atom. The first kappa shape index (κ1) is 15.9. The Morgan fingerprint density at radius 2 is 1.81 bits per heavy atom. The third kappa shape index (κ3) is 4.03. The second-order valence-corrected chi connectivity index (χ2v) is 7.72. The van der Waals surface area contributed by atoms with E-state index in [1.54, 1.807) is 24.3 Å². The van der Waals surface area contributed by atoms with Gasteiger partial charge in [0, 0.05) is 10.7 Å². The van der Waals surface area contributed by atoms with Crippen LogP contribution in [0, 0.1) is 0 Å². The van der Waals surface area contributed by atoms with E-state index in [0.717, 1.165) is 10.7 Å². The average molecular weight is 386 g/mol. The van der Waals surface area contributed by atoms with E-state index in [-0.39, 0.29) is 9.88 Å². The highest BCUT2D eigenvalue weighted by molar-refractivity contribution is 9.10. The Kier molecular flexibility index (Phi) is 4.65. The average Bonchev–Trinajstić information content (AvgIpc) is 2.38. The number of nitrogens with two attached hydrogens (primary N) is 1. The molecule has 0 saturated heterocycles. The molecule has 7 heteroatoms. The summed E-state index contributed by atoms with van der Waals surface area (Å²) in [5.74, 6) is 1.00. The van der Waals surface area contributed by atoms with Crippen LogP contribution in [-0.4, -0.2) is 19.7 Å². The summed E-state index contributed by atoms with van der Waals surface area (Å²) in [6, 6.07) is 11.5. The summed E-state index contributed by atoms with van der Waals surface area (Å²) < 4.78 is 29.4. The summed E-state index contributed by atoms with van der Waals surface area (Å²) in [6.45, 7) is 0. The Balaban J connectivity index is 2.34. The smallest absolute Gasteiger partial charge is 0.175 e. The van der Waals surface area contributed by atoms with Gasteiger partial charge in [-0.25, -0.2) is 8.42 Å². The van der Waals surface area contributed by atoms with Crippen molar-refractivity contribution < 1.29 is 13.2 Å². The van der Waals surface area contributed by atoms with Crippen molar-refractivity contribution in [2.45, 2.75) is 4.90 Å². The quantitative estimate of drug-likeness (QED) is 0.817. The Bertz CT molecular complexity index is 786. The number of thiocarbonyl (C=S) groups is 1.